The van der Waals surface area contributed by atoms with Crippen molar-refractivity contribution in [3.05, 3.63) is 83.7 Å². The average molecular weight is 503 g/mol. The van der Waals surface area contributed by atoms with Crippen LogP contribution >= 0.6 is 23.5 Å². The smallest absolute Gasteiger partial charge is 0.242 e. The van der Waals surface area contributed by atoms with Gasteiger partial charge in [-0.3, -0.25) is 9.69 Å². The van der Waals surface area contributed by atoms with Crippen LogP contribution in [-0.4, -0.2) is 26.4 Å². The van der Waals surface area contributed by atoms with Gasteiger partial charge in [-0.1, -0.05) is 59.9 Å². The van der Waals surface area contributed by atoms with E-state index in [1.165, 1.54) is 17.3 Å². The molecule has 1 aromatic heterocycles. The van der Waals surface area contributed by atoms with E-state index in [1.54, 1.807) is 11.8 Å². The molecule has 1 amide bonds. The molecule has 0 saturated heterocycles. The summed E-state index contributed by atoms with van der Waals surface area (Å²) in [6.07, 6.45) is 0. The number of anilines is 2. The summed E-state index contributed by atoms with van der Waals surface area (Å²) in [6.45, 7) is 7.19. The number of amides is 1. The fourth-order valence-corrected chi connectivity index (χ4v) is 5.97. The molecule has 0 saturated carbocycles. The number of benzene rings is 3. The number of carbonyl (C=O) groups is 1. The number of fused-ring (bicyclic) bond motifs is 2. The SMILES string of the molecule is CCn1c(COc2cccc(C)c2C)nnc1SCC(=O)N1c2ccccc2Sc2ccccc21. The molecule has 5 rings (SSSR count). The summed E-state index contributed by atoms with van der Waals surface area (Å²) in [5, 5.41) is 9.44. The Hall–Kier alpha value is -3.23. The van der Waals surface area contributed by atoms with Gasteiger partial charge < -0.3 is 9.30 Å². The quantitative estimate of drug-likeness (QED) is 0.272. The average Bonchev–Trinajstić information content (AvgIpc) is 3.28. The van der Waals surface area contributed by atoms with Crippen LogP contribution in [0.3, 0.4) is 0 Å². The lowest BCUT2D eigenvalue weighted by atomic mass is 10.1. The zero-order chi connectivity index (χ0) is 24.4. The van der Waals surface area contributed by atoms with Gasteiger partial charge in [0.2, 0.25) is 5.91 Å². The molecule has 35 heavy (non-hydrogen) atoms. The van der Waals surface area contributed by atoms with Gasteiger partial charge in [-0.25, -0.2) is 0 Å². The summed E-state index contributed by atoms with van der Waals surface area (Å²) in [6, 6.07) is 22.1. The van der Waals surface area contributed by atoms with E-state index < -0.39 is 0 Å². The highest BCUT2D eigenvalue weighted by Gasteiger charge is 2.28. The highest BCUT2D eigenvalue weighted by Crippen LogP contribution is 2.48. The Kier molecular flexibility index (Phi) is 6.83. The molecule has 0 fully saturated rings. The second kappa shape index (κ2) is 10.2. The fraction of sp³-hybridized carbons (Fsp3) is 0.222. The highest BCUT2D eigenvalue weighted by molar-refractivity contribution is 8.00. The van der Waals surface area contributed by atoms with Crippen LogP contribution in [0.1, 0.15) is 23.9 Å². The molecule has 8 heteroatoms. The first kappa shape index (κ1) is 23.5. The maximum atomic E-state index is 13.5. The summed E-state index contributed by atoms with van der Waals surface area (Å²) in [5.74, 6) is 1.85. The number of aromatic nitrogens is 3. The van der Waals surface area contributed by atoms with Crippen LogP contribution < -0.4 is 9.64 Å². The summed E-state index contributed by atoms with van der Waals surface area (Å²) in [4.78, 5) is 17.5. The van der Waals surface area contributed by atoms with Crippen LogP contribution in [0, 0.1) is 13.8 Å². The van der Waals surface area contributed by atoms with E-state index in [2.05, 4.69) is 42.2 Å². The van der Waals surface area contributed by atoms with Crippen LogP contribution in [0.25, 0.3) is 0 Å². The minimum atomic E-state index is 0.00837. The second-order valence-electron chi connectivity index (χ2n) is 8.19. The van der Waals surface area contributed by atoms with Gasteiger partial charge in [-0.2, -0.15) is 0 Å². The van der Waals surface area contributed by atoms with E-state index in [-0.39, 0.29) is 11.7 Å². The molecular weight excluding hydrogens is 476 g/mol. The Morgan fingerprint density at radius 3 is 2.31 bits per heavy atom. The van der Waals surface area contributed by atoms with Gasteiger partial charge in [-0.15, -0.1) is 10.2 Å². The Labute approximate surface area is 213 Å². The fourth-order valence-electron chi connectivity index (χ4n) is 4.04. The number of nitrogens with zero attached hydrogens (tertiary/aromatic N) is 4. The zero-order valence-corrected chi connectivity index (χ0v) is 21.5. The molecule has 0 radical (unpaired) electrons. The molecular formula is C27H26N4O2S2. The summed E-state index contributed by atoms with van der Waals surface area (Å²) < 4.78 is 8.06. The topological polar surface area (TPSA) is 60.2 Å². The number of hydrogen-bond acceptors (Lipinski definition) is 6. The lowest BCUT2D eigenvalue weighted by molar-refractivity contribution is -0.115. The van der Waals surface area contributed by atoms with Crippen molar-refractivity contribution >= 4 is 40.8 Å². The Morgan fingerprint density at radius 1 is 0.943 bits per heavy atom. The third kappa shape index (κ3) is 4.68. The predicted molar refractivity (Wildman–Crippen MR) is 141 cm³/mol. The standard InChI is InChI=1S/C27H26N4O2S2/c1-4-30-25(16-33-22-13-9-10-18(2)19(22)3)28-29-27(30)34-17-26(32)31-20-11-5-7-14-23(20)35-24-15-8-6-12-21(24)31/h5-15H,4,16-17H2,1-3H3. The molecule has 1 aliphatic rings. The first-order valence-electron chi connectivity index (χ1n) is 11.5. The number of hydrogen-bond donors (Lipinski definition) is 0. The van der Waals surface area contributed by atoms with Crippen LogP contribution in [0.5, 0.6) is 5.75 Å². The monoisotopic (exact) mass is 502 g/mol. The number of thioether (sulfide) groups is 1. The van der Waals surface area contributed by atoms with Crippen molar-refractivity contribution < 1.29 is 9.53 Å². The van der Waals surface area contributed by atoms with Gasteiger partial charge in [0.05, 0.1) is 17.1 Å². The first-order chi connectivity index (χ1) is 17.1. The molecule has 3 aromatic carbocycles. The molecule has 0 aliphatic carbocycles. The van der Waals surface area contributed by atoms with Crippen molar-refractivity contribution in [3.8, 4) is 5.75 Å². The van der Waals surface area contributed by atoms with Crippen LogP contribution in [-0.2, 0) is 17.9 Å². The van der Waals surface area contributed by atoms with Crippen molar-refractivity contribution in [1.82, 2.24) is 14.8 Å². The molecule has 0 spiro atoms. The third-order valence-corrected chi connectivity index (χ3v) is 8.11. The molecule has 0 atom stereocenters. The van der Waals surface area contributed by atoms with E-state index in [9.17, 15) is 4.79 Å². The minimum Gasteiger partial charge on any atom is -0.485 e. The van der Waals surface area contributed by atoms with Crippen LogP contribution in [0.4, 0.5) is 11.4 Å². The van der Waals surface area contributed by atoms with Gasteiger partial charge in [0.15, 0.2) is 11.0 Å². The maximum absolute atomic E-state index is 13.5. The van der Waals surface area contributed by atoms with E-state index in [4.69, 9.17) is 4.74 Å². The van der Waals surface area contributed by atoms with Crippen LogP contribution in [0.2, 0.25) is 0 Å². The summed E-state index contributed by atoms with van der Waals surface area (Å²) in [5.41, 5.74) is 4.15. The summed E-state index contributed by atoms with van der Waals surface area (Å²) >= 11 is 3.10. The van der Waals surface area contributed by atoms with E-state index >= 15 is 0 Å². The van der Waals surface area contributed by atoms with Gasteiger partial charge in [-0.05, 0) is 62.2 Å². The van der Waals surface area contributed by atoms with Crippen molar-refractivity contribution in [2.24, 2.45) is 0 Å². The molecule has 0 N–H and O–H groups in total. The maximum Gasteiger partial charge on any atom is 0.242 e. The van der Waals surface area contributed by atoms with Crippen molar-refractivity contribution in [2.75, 3.05) is 10.7 Å². The number of aryl methyl sites for hydroxylation is 1. The van der Waals surface area contributed by atoms with Gasteiger partial charge in [0.1, 0.15) is 12.4 Å². The lowest BCUT2D eigenvalue weighted by Crippen LogP contribution is -2.30. The molecule has 1 aliphatic heterocycles. The van der Waals surface area contributed by atoms with Crippen molar-refractivity contribution in [1.29, 1.82) is 0 Å². The molecule has 6 nitrogen and oxygen atoms in total. The number of rotatable bonds is 7. The third-order valence-electron chi connectivity index (χ3n) is 6.03. The summed E-state index contributed by atoms with van der Waals surface area (Å²) in [7, 11) is 0. The van der Waals surface area contributed by atoms with E-state index in [1.807, 2.05) is 64.9 Å². The Morgan fingerprint density at radius 2 is 1.63 bits per heavy atom. The normalized spacial score (nSPS) is 12.3. The molecule has 2 heterocycles. The van der Waals surface area contributed by atoms with Gasteiger partial charge in [0, 0.05) is 16.3 Å². The Balaban J connectivity index is 1.32. The molecule has 4 aromatic rings. The number of ether oxygens (including phenoxy) is 1. The molecule has 178 valence electrons. The highest BCUT2D eigenvalue weighted by atomic mass is 32.2. The van der Waals surface area contributed by atoms with Crippen molar-refractivity contribution in [2.45, 2.75) is 48.9 Å². The van der Waals surface area contributed by atoms with Crippen molar-refractivity contribution in [3.63, 3.8) is 0 Å². The lowest BCUT2D eigenvalue weighted by Gasteiger charge is -2.30. The van der Waals surface area contributed by atoms with Crippen LogP contribution in [0.15, 0.2) is 81.7 Å². The second-order valence-corrected chi connectivity index (χ2v) is 10.2. The Bertz CT molecular complexity index is 1340. The van der Waals surface area contributed by atoms with E-state index in [0.29, 0.717) is 18.3 Å². The van der Waals surface area contributed by atoms with Gasteiger partial charge >= 0.3 is 0 Å². The zero-order valence-electron chi connectivity index (χ0n) is 19.9. The molecule has 0 unspecified atom stereocenters. The first-order valence-corrected chi connectivity index (χ1v) is 13.3. The molecule has 0 bridgehead atoms. The van der Waals surface area contributed by atoms with E-state index in [0.717, 1.165) is 38.3 Å². The largest absolute Gasteiger partial charge is 0.485 e. The number of carbonyl (C=O) groups excluding carboxylic acids is 1. The minimum absolute atomic E-state index is 0.00837. The number of para-hydroxylation sites is 2. The van der Waals surface area contributed by atoms with Gasteiger partial charge in [0.25, 0.3) is 0 Å². The predicted octanol–water partition coefficient (Wildman–Crippen LogP) is 6.42.